The zero-order valence-corrected chi connectivity index (χ0v) is 16.9. The SMILES string of the molecule is CCCONc1cc(F)c(F)c(C(=O)c2ccc3ncc(-c4ccncc4)nc3c2)c1F. The van der Waals surface area contributed by atoms with Gasteiger partial charge in [0.2, 0.25) is 0 Å². The van der Waals surface area contributed by atoms with Gasteiger partial charge in [0, 0.05) is 29.6 Å². The van der Waals surface area contributed by atoms with Gasteiger partial charge in [-0.3, -0.25) is 25.1 Å². The highest BCUT2D eigenvalue weighted by atomic mass is 19.2. The van der Waals surface area contributed by atoms with Gasteiger partial charge >= 0.3 is 0 Å². The number of pyridine rings is 1. The first kappa shape index (κ1) is 21.4. The molecule has 162 valence electrons. The summed E-state index contributed by atoms with van der Waals surface area (Å²) in [6, 6.07) is 8.32. The third-order valence-corrected chi connectivity index (χ3v) is 4.65. The number of nitrogens with zero attached hydrogens (tertiary/aromatic N) is 3. The summed E-state index contributed by atoms with van der Waals surface area (Å²) >= 11 is 0. The Morgan fingerprint density at radius 2 is 1.81 bits per heavy atom. The molecule has 0 bridgehead atoms. The monoisotopic (exact) mass is 438 g/mol. The third kappa shape index (κ3) is 4.15. The van der Waals surface area contributed by atoms with Crippen LogP contribution in [0.1, 0.15) is 29.3 Å². The van der Waals surface area contributed by atoms with E-state index in [1.165, 1.54) is 18.2 Å². The first-order valence-corrected chi connectivity index (χ1v) is 9.76. The minimum atomic E-state index is -1.58. The zero-order valence-electron chi connectivity index (χ0n) is 16.9. The maximum Gasteiger partial charge on any atom is 0.199 e. The van der Waals surface area contributed by atoms with Crippen molar-refractivity contribution in [3.05, 3.63) is 83.6 Å². The standard InChI is InChI=1S/C23H17F3N4O2/c1-2-9-32-30-18-11-15(24)21(25)20(22(18)26)23(31)14-3-4-16-17(10-14)29-19(12-28-16)13-5-7-27-8-6-13/h3-8,10-12,30H,2,9H2,1H3. The van der Waals surface area contributed by atoms with Crippen LogP contribution in [-0.4, -0.2) is 27.3 Å². The third-order valence-electron chi connectivity index (χ3n) is 4.65. The fourth-order valence-electron chi connectivity index (χ4n) is 3.07. The van der Waals surface area contributed by atoms with Crippen LogP contribution in [0.15, 0.2) is 55.0 Å². The van der Waals surface area contributed by atoms with Crippen LogP contribution in [0.3, 0.4) is 0 Å². The Morgan fingerprint density at radius 3 is 2.56 bits per heavy atom. The van der Waals surface area contributed by atoms with Gasteiger partial charge in [-0.1, -0.05) is 6.92 Å². The maximum atomic E-state index is 14.9. The summed E-state index contributed by atoms with van der Waals surface area (Å²) in [5, 5.41) is 0. The average molecular weight is 438 g/mol. The summed E-state index contributed by atoms with van der Waals surface area (Å²) in [7, 11) is 0. The fourth-order valence-corrected chi connectivity index (χ4v) is 3.07. The van der Waals surface area contributed by atoms with Crippen molar-refractivity contribution < 1.29 is 22.8 Å². The lowest BCUT2D eigenvalue weighted by Crippen LogP contribution is -2.13. The van der Waals surface area contributed by atoms with E-state index in [9.17, 15) is 18.0 Å². The number of nitrogens with one attached hydrogen (secondary N) is 1. The van der Waals surface area contributed by atoms with Crippen LogP contribution in [0.5, 0.6) is 0 Å². The summed E-state index contributed by atoms with van der Waals surface area (Å²) in [4.78, 5) is 30.7. The number of ketones is 1. The normalized spacial score (nSPS) is 11.0. The van der Waals surface area contributed by atoms with Crippen LogP contribution in [-0.2, 0) is 4.84 Å². The van der Waals surface area contributed by atoms with Crippen molar-refractivity contribution in [1.82, 2.24) is 15.0 Å². The number of hydrogen-bond acceptors (Lipinski definition) is 6. The van der Waals surface area contributed by atoms with Gasteiger partial charge in [0.25, 0.3) is 0 Å². The molecular weight excluding hydrogens is 421 g/mol. The number of carbonyl (C=O) groups is 1. The van der Waals surface area contributed by atoms with Crippen LogP contribution < -0.4 is 5.48 Å². The van der Waals surface area contributed by atoms with E-state index in [0.717, 1.165) is 5.56 Å². The van der Waals surface area contributed by atoms with Crippen LogP contribution in [0.2, 0.25) is 0 Å². The lowest BCUT2D eigenvalue weighted by Gasteiger charge is -2.12. The second-order valence-electron chi connectivity index (χ2n) is 6.88. The minimum Gasteiger partial charge on any atom is -0.288 e. The van der Waals surface area contributed by atoms with E-state index in [-0.39, 0.29) is 12.2 Å². The van der Waals surface area contributed by atoms with Gasteiger partial charge in [0.1, 0.15) is 5.69 Å². The number of aromatic nitrogens is 3. The molecule has 0 fully saturated rings. The predicted molar refractivity (Wildman–Crippen MR) is 112 cm³/mol. The Bertz CT molecular complexity index is 1300. The molecular formula is C23H17F3N4O2. The first-order chi connectivity index (χ1) is 15.5. The van der Waals surface area contributed by atoms with E-state index in [0.29, 0.717) is 29.2 Å². The number of rotatable bonds is 7. The molecule has 0 aliphatic rings. The summed E-state index contributed by atoms with van der Waals surface area (Å²) in [5.41, 5.74) is 2.78. The number of fused-ring (bicyclic) bond motifs is 1. The van der Waals surface area contributed by atoms with E-state index in [4.69, 9.17) is 4.84 Å². The second kappa shape index (κ2) is 9.11. The summed E-state index contributed by atoms with van der Waals surface area (Å²) in [5.74, 6) is -5.24. The van der Waals surface area contributed by atoms with E-state index < -0.39 is 34.5 Å². The molecule has 0 unspecified atom stereocenters. The topological polar surface area (TPSA) is 77.0 Å². The van der Waals surface area contributed by atoms with E-state index in [1.54, 1.807) is 30.7 Å². The molecule has 32 heavy (non-hydrogen) atoms. The number of benzene rings is 2. The van der Waals surface area contributed by atoms with Gasteiger partial charge in [-0.15, -0.1) is 0 Å². The Morgan fingerprint density at radius 1 is 1.03 bits per heavy atom. The van der Waals surface area contributed by atoms with Gasteiger partial charge in [0.15, 0.2) is 23.2 Å². The van der Waals surface area contributed by atoms with E-state index >= 15 is 0 Å². The van der Waals surface area contributed by atoms with E-state index in [1.807, 2.05) is 6.92 Å². The largest absolute Gasteiger partial charge is 0.288 e. The zero-order chi connectivity index (χ0) is 22.7. The molecule has 6 nitrogen and oxygen atoms in total. The molecule has 4 rings (SSSR count). The van der Waals surface area contributed by atoms with Gasteiger partial charge < -0.3 is 0 Å². The number of anilines is 1. The van der Waals surface area contributed by atoms with Crippen molar-refractivity contribution in [2.45, 2.75) is 13.3 Å². The van der Waals surface area contributed by atoms with Crippen molar-refractivity contribution in [2.75, 3.05) is 12.1 Å². The molecule has 0 aliphatic heterocycles. The molecule has 2 heterocycles. The predicted octanol–water partition coefficient (Wildman–Crippen LogP) is 5.09. The Labute approximate surface area is 181 Å². The quantitative estimate of drug-likeness (QED) is 0.187. The molecule has 2 aromatic heterocycles. The number of halogens is 3. The highest BCUT2D eigenvalue weighted by Crippen LogP contribution is 2.27. The molecule has 0 aliphatic carbocycles. The molecule has 0 radical (unpaired) electrons. The summed E-state index contributed by atoms with van der Waals surface area (Å²) in [6.07, 6.45) is 5.39. The maximum absolute atomic E-state index is 14.9. The molecule has 1 N–H and O–H groups in total. The van der Waals surface area contributed by atoms with Gasteiger partial charge in [-0.25, -0.2) is 18.2 Å². The lowest BCUT2D eigenvalue weighted by molar-refractivity contribution is 0.103. The Balaban J connectivity index is 1.75. The fraction of sp³-hybridized carbons (Fsp3) is 0.130. The average Bonchev–Trinajstić information content (AvgIpc) is 2.82. The Kier molecular flexibility index (Phi) is 6.09. The van der Waals surface area contributed by atoms with Crippen LogP contribution >= 0.6 is 0 Å². The van der Waals surface area contributed by atoms with Crippen LogP contribution in [0, 0.1) is 17.5 Å². The molecule has 0 saturated heterocycles. The highest BCUT2D eigenvalue weighted by Gasteiger charge is 2.26. The highest BCUT2D eigenvalue weighted by molar-refractivity contribution is 6.11. The van der Waals surface area contributed by atoms with Gasteiger partial charge in [-0.05, 0) is 36.8 Å². The first-order valence-electron chi connectivity index (χ1n) is 9.76. The van der Waals surface area contributed by atoms with Crippen LogP contribution in [0.25, 0.3) is 22.3 Å². The van der Waals surface area contributed by atoms with Crippen molar-refractivity contribution in [2.24, 2.45) is 0 Å². The van der Waals surface area contributed by atoms with Gasteiger partial charge in [-0.2, -0.15) is 0 Å². The lowest BCUT2D eigenvalue weighted by atomic mass is 10.0. The number of hydrogen-bond donors (Lipinski definition) is 1. The van der Waals surface area contributed by atoms with Crippen molar-refractivity contribution in [3.63, 3.8) is 0 Å². The molecule has 9 heteroatoms. The smallest absolute Gasteiger partial charge is 0.199 e. The molecule has 4 aromatic rings. The van der Waals surface area contributed by atoms with E-state index in [2.05, 4.69) is 20.4 Å². The van der Waals surface area contributed by atoms with Crippen molar-refractivity contribution >= 4 is 22.5 Å². The molecule has 2 aromatic carbocycles. The van der Waals surface area contributed by atoms with Crippen molar-refractivity contribution in [3.8, 4) is 11.3 Å². The minimum absolute atomic E-state index is 0.0671. The number of carbonyl (C=O) groups excluding carboxylic acids is 1. The van der Waals surface area contributed by atoms with Gasteiger partial charge in [0.05, 0.1) is 35.1 Å². The molecule has 0 atom stereocenters. The summed E-state index contributed by atoms with van der Waals surface area (Å²) in [6.45, 7) is 2.03. The molecule has 0 spiro atoms. The second-order valence-corrected chi connectivity index (χ2v) is 6.88. The molecule has 0 saturated carbocycles. The van der Waals surface area contributed by atoms with Crippen LogP contribution in [0.4, 0.5) is 18.9 Å². The summed E-state index contributed by atoms with van der Waals surface area (Å²) < 4.78 is 43.4. The Hall–Kier alpha value is -3.85. The molecule has 0 amide bonds. The van der Waals surface area contributed by atoms with Crippen molar-refractivity contribution in [1.29, 1.82) is 0 Å².